The number of hydrogen-bond donors (Lipinski definition) is 0. The smallest absolute Gasteiger partial charge is 0.138 e. The predicted octanol–water partition coefficient (Wildman–Crippen LogP) is 3.33. The van der Waals surface area contributed by atoms with Gasteiger partial charge in [-0.1, -0.05) is 23.6 Å². The molecule has 0 aliphatic heterocycles. The van der Waals surface area contributed by atoms with Crippen LogP contribution in [-0.2, 0) is 0 Å². The molecule has 0 atom stereocenters. The van der Waals surface area contributed by atoms with Gasteiger partial charge in [-0.05, 0) is 43.5 Å². The van der Waals surface area contributed by atoms with Gasteiger partial charge in [-0.15, -0.1) is 0 Å². The Morgan fingerprint density at radius 2 is 1.95 bits per heavy atom. The molecule has 0 saturated heterocycles. The minimum absolute atomic E-state index is 0.428. The van der Waals surface area contributed by atoms with E-state index in [4.69, 9.17) is 11.6 Å². The zero-order valence-corrected chi connectivity index (χ0v) is 13.0. The molecule has 3 aromatic heterocycles. The van der Waals surface area contributed by atoms with Crippen molar-refractivity contribution in [2.75, 3.05) is 0 Å². The summed E-state index contributed by atoms with van der Waals surface area (Å²) in [6, 6.07) is 7.51. The lowest BCUT2D eigenvalue weighted by atomic mass is 10.2. The first-order valence-electron chi connectivity index (χ1n) is 6.74. The number of halogens is 1. The van der Waals surface area contributed by atoms with Crippen LogP contribution >= 0.6 is 11.6 Å². The highest BCUT2D eigenvalue weighted by Crippen LogP contribution is 2.11. The fourth-order valence-corrected chi connectivity index (χ4v) is 2.16. The maximum atomic E-state index is 5.84. The minimum Gasteiger partial charge on any atom is -0.287 e. The topological polar surface area (TPSA) is 43.6 Å². The van der Waals surface area contributed by atoms with Crippen LogP contribution in [0.5, 0.6) is 0 Å². The van der Waals surface area contributed by atoms with Gasteiger partial charge in [0.15, 0.2) is 0 Å². The Hall–Kier alpha value is -2.64. The van der Waals surface area contributed by atoms with Gasteiger partial charge in [0.2, 0.25) is 0 Å². The average molecular weight is 309 g/mol. The van der Waals surface area contributed by atoms with E-state index in [9.17, 15) is 0 Å². The molecule has 22 heavy (non-hydrogen) atoms. The first-order valence-corrected chi connectivity index (χ1v) is 7.12. The Labute approximate surface area is 133 Å². The highest BCUT2D eigenvalue weighted by Gasteiger charge is 2.05. The zero-order chi connectivity index (χ0) is 15.5. The number of aromatic nitrogens is 4. The molecule has 3 heterocycles. The standard InChI is InChI=1S/C17H13ClN4/c1-12-3-6-17(20-10-12)22-11-15(21-13(22)2)5-4-14-7-8-19-16(18)9-14/h3,6-11H,1-2H3. The molecule has 0 fully saturated rings. The van der Waals surface area contributed by atoms with E-state index in [1.807, 2.05) is 49.0 Å². The van der Waals surface area contributed by atoms with Crippen molar-refractivity contribution >= 4 is 11.6 Å². The molecule has 108 valence electrons. The fraction of sp³-hybridized carbons (Fsp3) is 0.118. The largest absolute Gasteiger partial charge is 0.287 e. The third-order valence-electron chi connectivity index (χ3n) is 3.09. The number of aryl methyl sites for hydroxylation is 2. The van der Waals surface area contributed by atoms with E-state index >= 15 is 0 Å². The predicted molar refractivity (Wildman–Crippen MR) is 86.1 cm³/mol. The Balaban J connectivity index is 1.91. The van der Waals surface area contributed by atoms with Crippen LogP contribution in [0.4, 0.5) is 0 Å². The second-order valence-corrected chi connectivity index (χ2v) is 5.24. The summed E-state index contributed by atoms with van der Waals surface area (Å²) < 4.78 is 1.92. The molecule has 0 bridgehead atoms. The third kappa shape index (κ3) is 3.16. The van der Waals surface area contributed by atoms with Crippen molar-refractivity contribution in [2.45, 2.75) is 13.8 Å². The van der Waals surface area contributed by atoms with Crippen LogP contribution in [0, 0.1) is 25.7 Å². The summed E-state index contributed by atoms with van der Waals surface area (Å²) in [5.41, 5.74) is 2.62. The van der Waals surface area contributed by atoms with Crippen LogP contribution in [0.25, 0.3) is 5.82 Å². The molecular weight excluding hydrogens is 296 g/mol. The molecule has 0 aliphatic carbocycles. The van der Waals surface area contributed by atoms with E-state index in [0.717, 1.165) is 22.8 Å². The van der Waals surface area contributed by atoms with Gasteiger partial charge in [-0.2, -0.15) is 0 Å². The molecule has 3 aromatic rings. The molecule has 0 aliphatic rings. The van der Waals surface area contributed by atoms with Gasteiger partial charge in [-0.25, -0.2) is 15.0 Å². The van der Waals surface area contributed by atoms with Crippen LogP contribution in [0.3, 0.4) is 0 Å². The second kappa shape index (κ2) is 6.00. The van der Waals surface area contributed by atoms with Crippen LogP contribution in [-0.4, -0.2) is 19.5 Å². The molecular formula is C17H13ClN4. The lowest BCUT2D eigenvalue weighted by molar-refractivity contribution is 0.930. The van der Waals surface area contributed by atoms with Gasteiger partial charge in [-0.3, -0.25) is 4.57 Å². The van der Waals surface area contributed by atoms with E-state index < -0.39 is 0 Å². The van der Waals surface area contributed by atoms with Crippen molar-refractivity contribution in [2.24, 2.45) is 0 Å². The van der Waals surface area contributed by atoms with Crippen LogP contribution in [0.15, 0.2) is 42.9 Å². The van der Waals surface area contributed by atoms with E-state index in [2.05, 4.69) is 26.8 Å². The van der Waals surface area contributed by atoms with Gasteiger partial charge in [0.05, 0.1) is 0 Å². The monoisotopic (exact) mass is 308 g/mol. The third-order valence-corrected chi connectivity index (χ3v) is 3.29. The van der Waals surface area contributed by atoms with Crippen molar-refractivity contribution in [1.82, 2.24) is 19.5 Å². The molecule has 3 rings (SSSR count). The average Bonchev–Trinajstić information content (AvgIpc) is 2.87. The summed E-state index contributed by atoms with van der Waals surface area (Å²) in [5, 5.41) is 0.428. The van der Waals surface area contributed by atoms with Gasteiger partial charge in [0.25, 0.3) is 0 Å². The Morgan fingerprint density at radius 1 is 1.09 bits per heavy atom. The quantitative estimate of drug-likeness (QED) is 0.511. The first kappa shape index (κ1) is 14.3. The van der Waals surface area contributed by atoms with E-state index in [-0.39, 0.29) is 0 Å². The van der Waals surface area contributed by atoms with Gasteiger partial charge in [0.1, 0.15) is 22.5 Å². The summed E-state index contributed by atoms with van der Waals surface area (Å²) in [5.74, 6) is 7.74. The molecule has 0 radical (unpaired) electrons. The van der Waals surface area contributed by atoms with E-state index in [1.165, 1.54) is 0 Å². The highest BCUT2D eigenvalue weighted by atomic mass is 35.5. The van der Waals surface area contributed by atoms with Crippen LogP contribution in [0.1, 0.15) is 22.6 Å². The van der Waals surface area contributed by atoms with Crippen molar-refractivity contribution in [3.8, 4) is 17.7 Å². The normalized spacial score (nSPS) is 10.1. The molecule has 0 spiro atoms. The van der Waals surface area contributed by atoms with Crippen LogP contribution in [0.2, 0.25) is 5.15 Å². The maximum Gasteiger partial charge on any atom is 0.138 e. The Morgan fingerprint density at radius 3 is 2.68 bits per heavy atom. The summed E-state index contributed by atoms with van der Waals surface area (Å²) >= 11 is 5.84. The number of nitrogens with zero attached hydrogens (tertiary/aromatic N) is 4. The maximum absolute atomic E-state index is 5.84. The zero-order valence-electron chi connectivity index (χ0n) is 12.2. The molecule has 5 heteroatoms. The van der Waals surface area contributed by atoms with Crippen molar-refractivity contribution < 1.29 is 0 Å². The van der Waals surface area contributed by atoms with E-state index in [0.29, 0.717) is 10.8 Å². The van der Waals surface area contributed by atoms with E-state index in [1.54, 1.807) is 12.3 Å². The van der Waals surface area contributed by atoms with Gasteiger partial charge >= 0.3 is 0 Å². The molecule has 0 unspecified atom stereocenters. The molecule has 0 amide bonds. The molecule has 4 nitrogen and oxygen atoms in total. The van der Waals surface area contributed by atoms with Crippen molar-refractivity contribution in [1.29, 1.82) is 0 Å². The Bertz CT molecular complexity index is 870. The number of hydrogen-bond acceptors (Lipinski definition) is 3. The number of rotatable bonds is 1. The summed E-state index contributed by atoms with van der Waals surface area (Å²) in [6.07, 6.45) is 5.34. The van der Waals surface area contributed by atoms with Gasteiger partial charge < -0.3 is 0 Å². The minimum atomic E-state index is 0.428. The molecule has 0 aromatic carbocycles. The summed E-state index contributed by atoms with van der Waals surface area (Å²) in [7, 11) is 0. The first-order chi connectivity index (χ1) is 10.6. The Kier molecular flexibility index (Phi) is 3.90. The van der Waals surface area contributed by atoms with Crippen LogP contribution < -0.4 is 0 Å². The number of pyridine rings is 2. The highest BCUT2D eigenvalue weighted by molar-refractivity contribution is 6.29. The lowest BCUT2D eigenvalue weighted by Crippen LogP contribution is -1.98. The lowest BCUT2D eigenvalue weighted by Gasteiger charge is -2.02. The van der Waals surface area contributed by atoms with Crippen molar-refractivity contribution in [3.05, 3.63) is 70.7 Å². The summed E-state index contributed by atoms with van der Waals surface area (Å²) in [6.45, 7) is 3.93. The number of imidazole rings is 1. The SMILES string of the molecule is Cc1ccc(-n2cc(C#Cc3ccnc(Cl)c3)nc2C)nc1. The molecule has 0 N–H and O–H groups in total. The van der Waals surface area contributed by atoms with Crippen molar-refractivity contribution in [3.63, 3.8) is 0 Å². The molecule has 0 saturated carbocycles. The fourth-order valence-electron chi connectivity index (χ4n) is 1.98. The summed E-state index contributed by atoms with van der Waals surface area (Å²) in [4.78, 5) is 12.8. The van der Waals surface area contributed by atoms with Gasteiger partial charge in [0, 0.05) is 24.2 Å². The second-order valence-electron chi connectivity index (χ2n) is 4.85.